The molecule has 0 bridgehead atoms. The molecule has 0 atom stereocenters. The van der Waals surface area contributed by atoms with Gasteiger partial charge in [-0.1, -0.05) is 30.5 Å². The van der Waals surface area contributed by atoms with Gasteiger partial charge in [-0.15, -0.1) is 0 Å². The second kappa shape index (κ2) is 5.00. The Morgan fingerprint density at radius 3 is 2.67 bits per heavy atom. The fourth-order valence-electron chi connectivity index (χ4n) is 2.31. The Kier molecular flexibility index (Phi) is 3.66. The smallest absolute Gasteiger partial charge is 0.0411 e. The normalized spacial score (nSPS) is 17.2. The molecule has 2 rings (SSSR count). The Morgan fingerprint density at radius 2 is 2.00 bits per heavy atom. The number of hydrogen-bond donors (Lipinski definition) is 1. The van der Waals surface area contributed by atoms with Gasteiger partial charge in [-0.05, 0) is 43.0 Å². The molecule has 1 aromatic carbocycles. The second-order valence-corrected chi connectivity index (χ2v) is 4.94. The molecule has 0 radical (unpaired) electrons. The largest absolute Gasteiger partial charge is 0.310 e. The van der Waals surface area contributed by atoms with Crippen molar-refractivity contribution in [3.05, 3.63) is 34.3 Å². The van der Waals surface area contributed by atoms with Crippen molar-refractivity contribution in [3.8, 4) is 0 Å². The van der Waals surface area contributed by atoms with Crippen LogP contribution < -0.4 is 5.32 Å². The van der Waals surface area contributed by atoms with Crippen LogP contribution in [0.2, 0.25) is 5.02 Å². The SMILES string of the molecule is Cc1cc(Cl)cc(CNC2CCCC2)c1. The second-order valence-electron chi connectivity index (χ2n) is 4.50. The molecule has 0 spiro atoms. The molecule has 0 aromatic heterocycles. The summed E-state index contributed by atoms with van der Waals surface area (Å²) in [6.45, 7) is 3.04. The zero-order valence-electron chi connectivity index (χ0n) is 9.22. The first-order valence-electron chi connectivity index (χ1n) is 5.73. The highest BCUT2D eigenvalue weighted by molar-refractivity contribution is 6.30. The van der Waals surface area contributed by atoms with Crippen LogP contribution in [0.25, 0.3) is 0 Å². The minimum Gasteiger partial charge on any atom is -0.310 e. The molecule has 1 fully saturated rings. The molecular formula is C13H18ClN. The lowest BCUT2D eigenvalue weighted by Crippen LogP contribution is -2.25. The van der Waals surface area contributed by atoms with E-state index in [1.54, 1.807) is 0 Å². The molecule has 0 saturated heterocycles. The third-order valence-corrected chi connectivity index (χ3v) is 3.27. The minimum absolute atomic E-state index is 0.726. The van der Waals surface area contributed by atoms with E-state index in [1.807, 2.05) is 6.07 Å². The number of halogens is 1. The number of rotatable bonds is 3. The van der Waals surface area contributed by atoms with E-state index in [2.05, 4.69) is 24.4 Å². The maximum atomic E-state index is 6.02. The molecule has 0 amide bonds. The maximum Gasteiger partial charge on any atom is 0.0411 e. The van der Waals surface area contributed by atoms with Gasteiger partial charge in [-0.2, -0.15) is 0 Å². The van der Waals surface area contributed by atoms with Crippen molar-refractivity contribution in [1.82, 2.24) is 5.32 Å². The molecule has 15 heavy (non-hydrogen) atoms. The van der Waals surface area contributed by atoms with Crippen LogP contribution in [0.1, 0.15) is 36.8 Å². The highest BCUT2D eigenvalue weighted by Gasteiger charge is 2.13. The third kappa shape index (κ3) is 3.22. The average molecular weight is 224 g/mol. The molecular weight excluding hydrogens is 206 g/mol. The maximum absolute atomic E-state index is 6.02. The summed E-state index contributed by atoms with van der Waals surface area (Å²) in [5.74, 6) is 0. The number of nitrogens with one attached hydrogen (secondary N) is 1. The fraction of sp³-hybridized carbons (Fsp3) is 0.538. The lowest BCUT2D eigenvalue weighted by atomic mass is 10.1. The van der Waals surface area contributed by atoms with Crippen molar-refractivity contribution >= 4 is 11.6 Å². The first-order valence-corrected chi connectivity index (χ1v) is 6.11. The Morgan fingerprint density at radius 1 is 1.27 bits per heavy atom. The van der Waals surface area contributed by atoms with Crippen molar-refractivity contribution < 1.29 is 0 Å². The Balaban J connectivity index is 1.92. The predicted octanol–water partition coefficient (Wildman–Crippen LogP) is 3.68. The van der Waals surface area contributed by atoms with Crippen molar-refractivity contribution in [1.29, 1.82) is 0 Å². The quantitative estimate of drug-likeness (QED) is 0.825. The molecule has 1 N–H and O–H groups in total. The summed E-state index contributed by atoms with van der Waals surface area (Å²) in [6, 6.07) is 6.98. The van der Waals surface area contributed by atoms with Gasteiger partial charge in [-0.25, -0.2) is 0 Å². The molecule has 1 nitrogen and oxygen atoms in total. The summed E-state index contributed by atoms with van der Waals surface area (Å²) < 4.78 is 0. The summed E-state index contributed by atoms with van der Waals surface area (Å²) in [7, 11) is 0. The van der Waals surface area contributed by atoms with E-state index in [0.29, 0.717) is 0 Å². The monoisotopic (exact) mass is 223 g/mol. The van der Waals surface area contributed by atoms with Gasteiger partial charge in [0.25, 0.3) is 0 Å². The molecule has 82 valence electrons. The van der Waals surface area contributed by atoms with Gasteiger partial charge in [0.1, 0.15) is 0 Å². The fourth-order valence-corrected chi connectivity index (χ4v) is 2.62. The van der Waals surface area contributed by atoms with Gasteiger partial charge in [-0.3, -0.25) is 0 Å². The summed E-state index contributed by atoms with van der Waals surface area (Å²) in [6.07, 6.45) is 5.43. The number of hydrogen-bond acceptors (Lipinski definition) is 1. The van der Waals surface area contributed by atoms with E-state index < -0.39 is 0 Å². The average Bonchev–Trinajstić information content (AvgIpc) is 2.65. The summed E-state index contributed by atoms with van der Waals surface area (Å²) in [5.41, 5.74) is 2.54. The van der Waals surface area contributed by atoms with Crippen molar-refractivity contribution in [2.75, 3.05) is 0 Å². The van der Waals surface area contributed by atoms with Crippen LogP contribution in [0.4, 0.5) is 0 Å². The highest BCUT2D eigenvalue weighted by atomic mass is 35.5. The summed E-state index contributed by atoms with van der Waals surface area (Å²) in [4.78, 5) is 0. The predicted molar refractivity (Wildman–Crippen MR) is 65.3 cm³/mol. The van der Waals surface area contributed by atoms with E-state index in [0.717, 1.165) is 17.6 Å². The van der Waals surface area contributed by atoms with Crippen molar-refractivity contribution in [2.45, 2.75) is 45.2 Å². The van der Waals surface area contributed by atoms with Crippen LogP contribution in [0, 0.1) is 6.92 Å². The molecule has 2 heteroatoms. The van der Waals surface area contributed by atoms with E-state index >= 15 is 0 Å². The van der Waals surface area contributed by atoms with Crippen LogP contribution in [-0.4, -0.2) is 6.04 Å². The Hall–Kier alpha value is -0.530. The Bertz CT molecular complexity index is 309. The molecule has 1 aliphatic carbocycles. The lowest BCUT2D eigenvalue weighted by Gasteiger charge is -2.12. The van der Waals surface area contributed by atoms with Crippen LogP contribution in [-0.2, 0) is 6.54 Å². The zero-order chi connectivity index (χ0) is 10.7. The minimum atomic E-state index is 0.726. The molecule has 1 aromatic rings. The molecule has 0 heterocycles. The van der Waals surface area contributed by atoms with Crippen LogP contribution in [0.5, 0.6) is 0 Å². The van der Waals surface area contributed by atoms with Crippen molar-refractivity contribution in [2.24, 2.45) is 0 Å². The van der Waals surface area contributed by atoms with Crippen LogP contribution in [0.3, 0.4) is 0 Å². The van der Waals surface area contributed by atoms with Gasteiger partial charge in [0.2, 0.25) is 0 Å². The third-order valence-electron chi connectivity index (χ3n) is 3.05. The zero-order valence-corrected chi connectivity index (χ0v) is 9.98. The molecule has 1 saturated carbocycles. The van der Waals surface area contributed by atoms with Gasteiger partial charge < -0.3 is 5.32 Å². The molecule has 0 unspecified atom stereocenters. The van der Waals surface area contributed by atoms with Gasteiger partial charge >= 0.3 is 0 Å². The summed E-state index contributed by atoms with van der Waals surface area (Å²) in [5, 5.41) is 4.44. The van der Waals surface area contributed by atoms with Gasteiger partial charge in [0.05, 0.1) is 0 Å². The topological polar surface area (TPSA) is 12.0 Å². The van der Waals surface area contributed by atoms with E-state index in [1.165, 1.54) is 36.8 Å². The molecule has 1 aliphatic rings. The lowest BCUT2D eigenvalue weighted by molar-refractivity contribution is 0.524. The van der Waals surface area contributed by atoms with E-state index in [9.17, 15) is 0 Å². The van der Waals surface area contributed by atoms with Gasteiger partial charge in [0, 0.05) is 17.6 Å². The summed E-state index contributed by atoms with van der Waals surface area (Å²) >= 11 is 6.02. The van der Waals surface area contributed by atoms with Gasteiger partial charge in [0.15, 0.2) is 0 Å². The van der Waals surface area contributed by atoms with Crippen molar-refractivity contribution in [3.63, 3.8) is 0 Å². The first-order chi connectivity index (χ1) is 7.24. The first kappa shape index (κ1) is 11.0. The van der Waals surface area contributed by atoms with Crippen LogP contribution in [0.15, 0.2) is 18.2 Å². The van der Waals surface area contributed by atoms with E-state index in [-0.39, 0.29) is 0 Å². The highest BCUT2D eigenvalue weighted by Crippen LogP contribution is 2.19. The standard InChI is InChI=1S/C13H18ClN/c1-10-6-11(8-12(14)7-10)9-15-13-4-2-3-5-13/h6-8,13,15H,2-5,9H2,1H3. The van der Waals surface area contributed by atoms with E-state index in [4.69, 9.17) is 11.6 Å². The number of aryl methyl sites for hydroxylation is 1. The van der Waals surface area contributed by atoms with Crippen LogP contribution >= 0.6 is 11.6 Å². The number of benzene rings is 1. The molecule has 0 aliphatic heterocycles. The Labute approximate surface area is 96.8 Å².